The Morgan fingerprint density at radius 1 is 1.39 bits per heavy atom. The smallest absolute Gasteiger partial charge is 0.129 e. The summed E-state index contributed by atoms with van der Waals surface area (Å²) in [6.07, 6.45) is 5.20. The van der Waals surface area contributed by atoms with Crippen LogP contribution in [-0.4, -0.2) is 23.0 Å². The van der Waals surface area contributed by atoms with Crippen LogP contribution in [-0.2, 0) is 0 Å². The normalized spacial score (nSPS) is 10.2. The number of benzene rings is 1. The van der Waals surface area contributed by atoms with Crippen LogP contribution in [0.25, 0.3) is 10.9 Å². The van der Waals surface area contributed by atoms with Gasteiger partial charge >= 0.3 is 0 Å². The summed E-state index contributed by atoms with van der Waals surface area (Å²) in [7, 11) is 0. The Morgan fingerprint density at radius 2 is 2.22 bits per heavy atom. The largest absolute Gasteiger partial charge is 0.369 e. The van der Waals surface area contributed by atoms with E-state index in [1.165, 1.54) is 10.9 Å². The van der Waals surface area contributed by atoms with Crippen molar-refractivity contribution in [2.24, 2.45) is 0 Å². The molecule has 0 bridgehead atoms. The fourth-order valence-electron chi connectivity index (χ4n) is 1.77. The maximum atomic E-state index is 5.20. The van der Waals surface area contributed by atoms with Crippen LogP contribution in [0.5, 0.6) is 0 Å². The summed E-state index contributed by atoms with van der Waals surface area (Å²) < 4.78 is 0. The average molecular weight is 256 g/mol. The number of terminal acetylenes is 1. The minimum absolute atomic E-state index is 0.770. The first-order valence-electron chi connectivity index (χ1n) is 5.93. The van der Waals surface area contributed by atoms with E-state index in [1.54, 1.807) is 11.8 Å². The molecule has 3 heteroatoms. The molecule has 92 valence electrons. The number of hydrogen-bond acceptors (Lipinski definition) is 3. The van der Waals surface area contributed by atoms with Crippen LogP contribution in [0.2, 0.25) is 0 Å². The number of rotatable bonds is 5. The molecule has 1 aromatic heterocycles. The lowest BCUT2D eigenvalue weighted by Crippen LogP contribution is -2.07. The molecule has 2 aromatic rings. The lowest BCUT2D eigenvalue weighted by Gasteiger charge is -2.09. The molecule has 0 saturated carbocycles. The number of para-hydroxylation sites is 1. The number of thioether (sulfide) groups is 1. The molecular formula is C15H16N2S. The lowest BCUT2D eigenvalue weighted by atomic mass is 10.1. The van der Waals surface area contributed by atoms with E-state index < -0.39 is 0 Å². The van der Waals surface area contributed by atoms with Gasteiger partial charge in [0.1, 0.15) is 5.82 Å². The van der Waals surface area contributed by atoms with E-state index in [9.17, 15) is 0 Å². The molecular weight excluding hydrogens is 240 g/mol. The molecule has 0 unspecified atom stereocenters. The van der Waals surface area contributed by atoms with Crippen LogP contribution in [0.4, 0.5) is 5.82 Å². The Balaban J connectivity index is 2.04. The Bertz CT molecular complexity index is 572. The van der Waals surface area contributed by atoms with E-state index in [1.807, 2.05) is 18.2 Å². The lowest BCUT2D eigenvalue weighted by molar-refractivity contribution is 1.17. The van der Waals surface area contributed by atoms with Gasteiger partial charge in [-0.15, -0.1) is 18.2 Å². The van der Waals surface area contributed by atoms with E-state index in [0.29, 0.717) is 0 Å². The molecule has 0 saturated heterocycles. The molecule has 0 amide bonds. The third-order valence-electron chi connectivity index (χ3n) is 2.64. The topological polar surface area (TPSA) is 24.9 Å². The number of anilines is 1. The van der Waals surface area contributed by atoms with Crippen molar-refractivity contribution in [3.63, 3.8) is 0 Å². The Labute approximate surface area is 112 Å². The van der Waals surface area contributed by atoms with Crippen LogP contribution >= 0.6 is 11.8 Å². The highest BCUT2D eigenvalue weighted by Gasteiger charge is 2.02. The summed E-state index contributed by atoms with van der Waals surface area (Å²) in [5, 5.41) is 4.55. The van der Waals surface area contributed by atoms with Crippen molar-refractivity contribution in [1.29, 1.82) is 0 Å². The van der Waals surface area contributed by atoms with E-state index in [2.05, 4.69) is 35.3 Å². The fraction of sp³-hybridized carbons (Fsp3) is 0.267. The quantitative estimate of drug-likeness (QED) is 0.656. The van der Waals surface area contributed by atoms with Crippen LogP contribution in [0.1, 0.15) is 5.56 Å². The third kappa shape index (κ3) is 3.18. The van der Waals surface area contributed by atoms with Gasteiger partial charge < -0.3 is 5.32 Å². The third-order valence-corrected chi connectivity index (χ3v) is 3.50. The maximum Gasteiger partial charge on any atom is 0.129 e. The van der Waals surface area contributed by atoms with Crippen LogP contribution < -0.4 is 5.32 Å². The zero-order valence-corrected chi connectivity index (χ0v) is 11.3. The van der Waals surface area contributed by atoms with Gasteiger partial charge in [-0.1, -0.05) is 24.1 Å². The van der Waals surface area contributed by atoms with Crippen molar-refractivity contribution in [1.82, 2.24) is 4.98 Å². The fourth-order valence-corrected chi connectivity index (χ4v) is 2.28. The van der Waals surface area contributed by atoms with Crippen molar-refractivity contribution in [3.8, 4) is 12.3 Å². The summed E-state index contributed by atoms with van der Waals surface area (Å²) in [6, 6.07) is 10.3. The molecule has 2 nitrogen and oxygen atoms in total. The Morgan fingerprint density at radius 3 is 3.06 bits per heavy atom. The Kier molecular flexibility index (Phi) is 4.49. The zero-order chi connectivity index (χ0) is 12.8. The van der Waals surface area contributed by atoms with Crippen LogP contribution in [0, 0.1) is 19.3 Å². The molecule has 0 aliphatic heterocycles. The number of nitrogens with one attached hydrogen (secondary N) is 1. The second-order valence-corrected chi connectivity index (χ2v) is 5.14. The van der Waals surface area contributed by atoms with Crippen molar-refractivity contribution in [2.45, 2.75) is 6.92 Å². The number of aromatic nitrogens is 1. The van der Waals surface area contributed by atoms with Crippen molar-refractivity contribution in [2.75, 3.05) is 23.4 Å². The predicted octanol–water partition coefficient (Wildman–Crippen LogP) is 3.32. The molecule has 0 fully saturated rings. The molecule has 1 heterocycles. The maximum absolute atomic E-state index is 5.20. The van der Waals surface area contributed by atoms with E-state index >= 15 is 0 Å². The van der Waals surface area contributed by atoms with Gasteiger partial charge in [0.25, 0.3) is 0 Å². The SMILES string of the molecule is C#CCSCCNc1nc2ccccc2cc1C. The van der Waals surface area contributed by atoms with Gasteiger partial charge in [-0.05, 0) is 24.6 Å². The summed E-state index contributed by atoms with van der Waals surface area (Å²) in [6.45, 7) is 2.97. The Hall–Kier alpha value is -1.66. The highest BCUT2D eigenvalue weighted by molar-refractivity contribution is 7.99. The van der Waals surface area contributed by atoms with Gasteiger partial charge in [0, 0.05) is 17.7 Å². The molecule has 0 aliphatic carbocycles. The average Bonchev–Trinajstić information content (AvgIpc) is 2.39. The molecule has 0 atom stereocenters. The molecule has 0 spiro atoms. The van der Waals surface area contributed by atoms with Crippen molar-refractivity contribution >= 4 is 28.5 Å². The van der Waals surface area contributed by atoms with Gasteiger partial charge in [-0.2, -0.15) is 0 Å². The van der Waals surface area contributed by atoms with Gasteiger partial charge in [0.2, 0.25) is 0 Å². The molecule has 1 aromatic carbocycles. The summed E-state index contributed by atoms with van der Waals surface area (Å²) in [4.78, 5) is 4.63. The molecule has 1 N–H and O–H groups in total. The summed E-state index contributed by atoms with van der Waals surface area (Å²) in [5.74, 6) is 5.36. The molecule has 2 rings (SSSR count). The van der Waals surface area contributed by atoms with Crippen LogP contribution in [0.3, 0.4) is 0 Å². The first-order chi connectivity index (χ1) is 8.81. The van der Waals surface area contributed by atoms with Gasteiger partial charge in [-0.25, -0.2) is 4.98 Å². The van der Waals surface area contributed by atoms with Crippen LogP contribution in [0.15, 0.2) is 30.3 Å². The number of hydrogen-bond donors (Lipinski definition) is 1. The monoisotopic (exact) mass is 256 g/mol. The second kappa shape index (κ2) is 6.32. The highest BCUT2D eigenvalue weighted by Crippen LogP contribution is 2.19. The van der Waals surface area contributed by atoms with E-state index in [-0.39, 0.29) is 0 Å². The van der Waals surface area contributed by atoms with Crippen molar-refractivity contribution in [3.05, 3.63) is 35.9 Å². The van der Waals surface area contributed by atoms with E-state index in [4.69, 9.17) is 6.42 Å². The van der Waals surface area contributed by atoms with Gasteiger partial charge in [0.05, 0.1) is 11.3 Å². The predicted molar refractivity (Wildman–Crippen MR) is 81.1 cm³/mol. The van der Waals surface area contributed by atoms with Gasteiger partial charge in [0.15, 0.2) is 0 Å². The minimum Gasteiger partial charge on any atom is -0.369 e. The summed E-state index contributed by atoms with van der Waals surface area (Å²) in [5.41, 5.74) is 2.21. The number of nitrogens with zero attached hydrogens (tertiary/aromatic N) is 1. The summed E-state index contributed by atoms with van der Waals surface area (Å²) >= 11 is 1.76. The molecule has 18 heavy (non-hydrogen) atoms. The second-order valence-electron chi connectivity index (χ2n) is 4.03. The standard InChI is InChI=1S/C15H16N2S/c1-3-9-18-10-8-16-15-12(2)11-13-6-4-5-7-14(13)17-15/h1,4-7,11H,8-10H2,2H3,(H,16,17). The minimum atomic E-state index is 0.770. The first kappa shape index (κ1) is 12.8. The number of pyridine rings is 1. The number of fused-ring (bicyclic) bond motifs is 1. The zero-order valence-electron chi connectivity index (χ0n) is 10.4. The van der Waals surface area contributed by atoms with Gasteiger partial charge in [-0.3, -0.25) is 0 Å². The van der Waals surface area contributed by atoms with Crippen molar-refractivity contribution < 1.29 is 0 Å². The highest BCUT2D eigenvalue weighted by atomic mass is 32.2. The first-order valence-corrected chi connectivity index (χ1v) is 7.08. The molecule has 0 radical (unpaired) electrons. The number of aryl methyl sites for hydroxylation is 1. The molecule has 0 aliphatic rings. The van der Waals surface area contributed by atoms with E-state index in [0.717, 1.165) is 29.4 Å².